The highest BCUT2D eigenvalue weighted by Gasteiger charge is 2.35. The SMILES string of the molecule is CC(C)(C)OC(=O)N[C@@H](Cc1ccccc1)[C@H](O)CNC[C@@H](O)[C@H](Cc1ccccc1)NC(=O)OC1(C)CCOC1. The molecule has 0 spiro atoms. The molecule has 41 heavy (non-hydrogen) atoms. The molecule has 2 amide bonds. The molecule has 0 radical (unpaired) electrons. The second-order valence-electron chi connectivity index (χ2n) is 11.8. The molecular weight excluding hydrogens is 526 g/mol. The molecule has 3 rings (SSSR count). The van der Waals surface area contributed by atoms with Crippen LogP contribution in [-0.2, 0) is 27.1 Å². The highest BCUT2D eigenvalue weighted by Crippen LogP contribution is 2.22. The fourth-order valence-corrected chi connectivity index (χ4v) is 4.56. The summed E-state index contributed by atoms with van der Waals surface area (Å²) in [5, 5.41) is 30.8. The van der Waals surface area contributed by atoms with Crippen molar-refractivity contribution in [3.05, 3.63) is 71.8 Å². The lowest BCUT2D eigenvalue weighted by Gasteiger charge is -2.29. The van der Waals surface area contributed by atoms with Gasteiger partial charge in [-0.1, -0.05) is 60.7 Å². The Morgan fingerprint density at radius 2 is 1.37 bits per heavy atom. The predicted octanol–water partition coefficient (Wildman–Crippen LogP) is 2.95. The fraction of sp³-hybridized carbons (Fsp3) is 0.548. The van der Waals surface area contributed by atoms with E-state index < -0.39 is 47.7 Å². The molecule has 0 aromatic heterocycles. The molecule has 0 saturated carbocycles. The fourth-order valence-electron chi connectivity index (χ4n) is 4.56. The summed E-state index contributed by atoms with van der Waals surface area (Å²) >= 11 is 0. The molecule has 1 unspecified atom stereocenters. The molecule has 226 valence electrons. The molecule has 1 saturated heterocycles. The number of carbonyl (C=O) groups is 2. The topological polar surface area (TPSA) is 138 Å². The summed E-state index contributed by atoms with van der Waals surface area (Å²) in [6.45, 7) is 8.17. The zero-order valence-corrected chi connectivity index (χ0v) is 24.5. The first kappa shape index (κ1) is 32.3. The number of alkyl carbamates (subject to hydrolysis) is 2. The lowest BCUT2D eigenvalue weighted by Crippen LogP contribution is -2.53. The second kappa shape index (κ2) is 15.2. The Bertz CT molecular complexity index is 1070. The van der Waals surface area contributed by atoms with Gasteiger partial charge >= 0.3 is 12.2 Å². The van der Waals surface area contributed by atoms with Crippen molar-refractivity contribution in [2.24, 2.45) is 0 Å². The van der Waals surface area contributed by atoms with Crippen molar-refractivity contribution in [2.45, 2.75) is 82.5 Å². The highest BCUT2D eigenvalue weighted by atomic mass is 16.6. The van der Waals surface area contributed by atoms with E-state index in [9.17, 15) is 19.8 Å². The van der Waals surface area contributed by atoms with Gasteiger partial charge < -0.3 is 40.4 Å². The molecule has 10 heteroatoms. The summed E-state index contributed by atoms with van der Waals surface area (Å²) in [7, 11) is 0. The Kier molecular flexibility index (Phi) is 12.0. The minimum absolute atomic E-state index is 0.0830. The van der Waals surface area contributed by atoms with Gasteiger partial charge in [0.1, 0.15) is 11.2 Å². The van der Waals surface area contributed by atoms with Gasteiger partial charge in [-0.25, -0.2) is 9.59 Å². The highest BCUT2D eigenvalue weighted by molar-refractivity contribution is 5.68. The lowest BCUT2D eigenvalue weighted by atomic mass is 10.00. The van der Waals surface area contributed by atoms with Crippen molar-refractivity contribution in [3.8, 4) is 0 Å². The van der Waals surface area contributed by atoms with Gasteiger partial charge in [0.05, 0.1) is 37.5 Å². The molecule has 0 aliphatic carbocycles. The Labute approximate surface area is 242 Å². The second-order valence-corrected chi connectivity index (χ2v) is 11.8. The molecule has 2 aromatic carbocycles. The van der Waals surface area contributed by atoms with Crippen LogP contribution in [0.2, 0.25) is 0 Å². The van der Waals surface area contributed by atoms with Crippen LogP contribution in [0.15, 0.2) is 60.7 Å². The van der Waals surface area contributed by atoms with Crippen LogP contribution in [0.3, 0.4) is 0 Å². The van der Waals surface area contributed by atoms with Crippen LogP contribution < -0.4 is 16.0 Å². The maximum Gasteiger partial charge on any atom is 0.408 e. The minimum atomic E-state index is -0.992. The molecule has 1 fully saturated rings. The average molecular weight is 572 g/mol. The number of hydrogen-bond donors (Lipinski definition) is 5. The largest absolute Gasteiger partial charge is 0.444 e. The van der Waals surface area contributed by atoms with Crippen LogP contribution in [-0.4, -0.2) is 84.2 Å². The Morgan fingerprint density at radius 3 is 1.80 bits per heavy atom. The Hall–Kier alpha value is -3.18. The van der Waals surface area contributed by atoms with E-state index in [0.717, 1.165) is 11.1 Å². The van der Waals surface area contributed by atoms with Gasteiger partial charge in [-0.05, 0) is 51.7 Å². The molecule has 5 N–H and O–H groups in total. The number of carbonyl (C=O) groups excluding carboxylic acids is 2. The molecule has 0 bridgehead atoms. The van der Waals surface area contributed by atoms with Crippen molar-refractivity contribution < 1.29 is 34.0 Å². The number of aliphatic hydroxyl groups is 2. The maximum atomic E-state index is 12.7. The van der Waals surface area contributed by atoms with Gasteiger partial charge in [0.25, 0.3) is 0 Å². The zero-order valence-electron chi connectivity index (χ0n) is 24.5. The van der Waals surface area contributed by atoms with Crippen LogP contribution in [0.4, 0.5) is 9.59 Å². The third-order valence-electron chi connectivity index (χ3n) is 6.76. The monoisotopic (exact) mass is 571 g/mol. The van der Waals surface area contributed by atoms with Gasteiger partial charge in [0.2, 0.25) is 0 Å². The number of aliphatic hydroxyl groups excluding tert-OH is 2. The van der Waals surface area contributed by atoms with Crippen LogP contribution in [0.25, 0.3) is 0 Å². The third kappa shape index (κ3) is 11.7. The average Bonchev–Trinajstić information content (AvgIpc) is 3.33. The summed E-state index contributed by atoms with van der Waals surface area (Å²) in [6, 6.07) is 17.8. The summed E-state index contributed by atoms with van der Waals surface area (Å²) in [5.74, 6) is 0. The van der Waals surface area contributed by atoms with Crippen molar-refractivity contribution in [1.82, 2.24) is 16.0 Å². The summed E-state index contributed by atoms with van der Waals surface area (Å²) in [5.41, 5.74) is 0.499. The smallest absolute Gasteiger partial charge is 0.408 e. The number of ether oxygens (including phenoxy) is 3. The molecule has 1 heterocycles. The Morgan fingerprint density at radius 1 is 0.878 bits per heavy atom. The van der Waals surface area contributed by atoms with Crippen LogP contribution in [0.1, 0.15) is 45.2 Å². The zero-order chi connectivity index (χ0) is 29.9. The van der Waals surface area contributed by atoms with Crippen molar-refractivity contribution in [1.29, 1.82) is 0 Å². The molecule has 10 nitrogen and oxygen atoms in total. The van der Waals surface area contributed by atoms with Crippen molar-refractivity contribution >= 4 is 12.2 Å². The maximum absolute atomic E-state index is 12.7. The molecular formula is C31H45N3O7. The van der Waals surface area contributed by atoms with Gasteiger partial charge in [0.15, 0.2) is 0 Å². The lowest BCUT2D eigenvalue weighted by molar-refractivity contribution is 0.0103. The van der Waals surface area contributed by atoms with E-state index in [-0.39, 0.29) is 13.1 Å². The molecule has 5 atom stereocenters. The number of rotatable bonds is 13. The first-order valence-electron chi connectivity index (χ1n) is 14.1. The van der Waals surface area contributed by atoms with E-state index in [2.05, 4.69) is 16.0 Å². The van der Waals surface area contributed by atoms with E-state index in [0.29, 0.717) is 32.5 Å². The van der Waals surface area contributed by atoms with Crippen molar-refractivity contribution in [2.75, 3.05) is 26.3 Å². The molecule has 2 aromatic rings. The first-order valence-corrected chi connectivity index (χ1v) is 14.1. The number of benzene rings is 2. The minimum Gasteiger partial charge on any atom is -0.444 e. The third-order valence-corrected chi connectivity index (χ3v) is 6.76. The van der Waals surface area contributed by atoms with Gasteiger partial charge in [-0.3, -0.25) is 0 Å². The van der Waals surface area contributed by atoms with Crippen LogP contribution >= 0.6 is 0 Å². The van der Waals surface area contributed by atoms with Crippen LogP contribution in [0, 0.1) is 0 Å². The first-order chi connectivity index (χ1) is 19.4. The van der Waals surface area contributed by atoms with Crippen LogP contribution in [0.5, 0.6) is 0 Å². The van der Waals surface area contributed by atoms with Gasteiger partial charge in [-0.15, -0.1) is 0 Å². The van der Waals surface area contributed by atoms with Gasteiger partial charge in [0, 0.05) is 19.5 Å². The molecule has 1 aliphatic heterocycles. The molecule has 1 aliphatic rings. The quantitative estimate of drug-likeness (QED) is 0.247. The summed E-state index contributed by atoms with van der Waals surface area (Å²) in [6.07, 6.45) is -1.85. The Balaban J connectivity index is 1.60. The van der Waals surface area contributed by atoms with Gasteiger partial charge in [-0.2, -0.15) is 0 Å². The van der Waals surface area contributed by atoms with E-state index in [1.165, 1.54) is 0 Å². The van der Waals surface area contributed by atoms with E-state index in [4.69, 9.17) is 14.2 Å². The summed E-state index contributed by atoms with van der Waals surface area (Å²) < 4.78 is 16.4. The number of amides is 2. The standard InChI is InChI=1S/C31H45N3O7/c1-30(2,3)40-28(37)33-24(17-22-11-7-5-8-12-22)26(35)19-32-20-27(36)25(18-23-13-9-6-10-14-23)34-29(38)41-31(4)15-16-39-21-31/h5-14,24-27,32,35-36H,15-21H2,1-4H3,(H,33,37)(H,34,38)/t24-,25-,26+,27+,31?/m0/s1. The summed E-state index contributed by atoms with van der Waals surface area (Å²) in [4.78, 5) is 25.2. The number of nitrogens with one attached hydrogen (secondary N) is 3. The van der Waals surface area contributed by atoms with E-state index in [1.807, 2.05) is 67.6 Å². The predicted molar refractivity (Wildman–Crippen MR) is 156 cm³/mol. The number of hydrogen-bond acceptors (Lipinski definition) is 8. The van der Waals surface area contributed by atoms with E-state index in [1.54, 1.807) is 20.8 Å². The normalized spacial score (nSPS) is 20.0. The van der Waals surface area contributed by atoms with E-state index >= 15 is 0 Å². The van der Waals surface area contributed by atoms with Crippen molar-refractivity contribution in [3.63, 3.8) is 0 Å².